The minimum absolute atomic E-state index is 0.255. The van der Waals surface area contributed by atoms with Gasteiger partial charge in [0, 0.05) is 41.7 Å². The molecule has 1 amide bonds. The van der Waals surface area contributed by atoms with Crippen LogP contribution in [-0.2, 0) is 0 Å². The zero-order valence-electron chi connectivity index (χ0n) is 16.2. The normalized spacial score (nSPS) is 14.7. The van der Waals surface area contributed by atoms with Crippen LogP contribution in [0.1, 0.15) is 35.1 Å². The summed E-state index contributed by atoms with van der Waals surface area (Å²) < 4.78 is 5.56. The highest BCUT2D eigenvalue weighted by Crippen LogP contribution is 2.25. The first-order valence-electron chi connectivity index (χ1n) is 9.90. The van der Waals surface area contributed by atoms with Gasteiger partial charge in [0.25, 0.3) is 5.91 Å². The van der Waals surface area contributed by atoms with Crippen LogP contribution in [0, 0.1) is 0 Å². The lowest BCUT2D eigenvalue weighted by Crippen LogP contribution is -2.26. The van der Waals surface area contributed by atoms with Gasteiger partial charge in [0.05, 0.1) is 5.69 Å². The second-order valence-corrected chi connectivity index (χ2v) is 7.28. The number of pyridine rings is 3. The fourth-order valence-corrected chi connectivity index (χ4v) is 3.61. The predicted octanol–water partition coefficient (Wildman–Crippen LogP) is 3.40. The smallest absolute Gasteiger partial charge is 0.278 e. The van der Waals surface area contributed by atoms with Crippen LogP contribution >= 0.6 is 0 Å². The Labute approximate surface area is 172 Å². The lowest BCUT2D eigenvalue weighted by atomic mass is 9.98. The molecule has 0 aliphatic carbocycles. The van der Waals surface area contributed by atoms with Crippen LogP contribution in [0.4, 0.5) is 5.82 Å². The van der Waals surface area contributed by atoms with Crippen LogP contribution in [0.15, 0.2) is 59.7 Å². The van der Waals surface area contributed by atoms with Gasteiger partial charge in [-0.25, -0.2) is 9.97 Å². The molecule has 30 heavy (non-hydrogen) atoms. The maximum Gasteiger partial charge on any atom is 0.278 e. The van der Waals surface area contributed by atoms with E-state index < -0.39 is 0 Å². The van der Waals surface area contributed by atoms with Gasteiger partial charge in [-0.2, -0.15) is 0 Å². The molecule has 8 nitrogen and oxygen atoms in total. The van der Waals surface area contributed by atoms with Gasteiger partial charge >= 0.3 is 0 Å². The van der Waals surface area contributed by atoms with Gasteiger partial charge in [0.2, 0.25) is 0 Å². The molecule has 5 rings (SSSR count). The zero-order valence-corrected chi connectivity index (χ0v) is 16.2. The number of anilines is 1. The molecule has 1 saturated heterocycles. The standard InChI is InChI=1S/C22H20N6O2/c29-21(19-13-30-22(27-19)14-3-6-23-7-4-14)28-20-9-16-8-18(15-2-1-5-24-10-15)25-11-17(16)12-26-20/h1-2,5,8-14,23H,3-4,6-7H2,(H,26,28,29). The third kappa shape index (κ3) is 3.77. The monoisotopic (exact) mass is 400 g/mol. The molecule has 150 valence electrons. The lowest BCUT2D eigenvalue weighted by Gasteiger charge is -2.19. The van der Waals surface area contributed by atoms with Crippen LogP contribution in [0.25, 0.3) is 22.0 Å². The predicted molar refractivity (Wildman–Crippen MR) is 112 cm³/mol. The van der Waals surface area contributed by atoms with Gasteiger partial charge in [0.15, 0.2) is 11.6 Å². The van der Waals surface area contributed by atoms with E-state index in [0.717, 1.165) is 48.0 Å². The Balaban J connectivity index is 1.36. The number of carbonyl (C=O) groups excluding carboxylic acids is 1. The molecule has 1 aliphatic rings. The average molecular weight is 400 g/mol. The molecule has 5 heterocycles. The SMILES string of the molecule is O=C(Nc1cc2cc(-c3cccnc3)ncc2cn1)c1coc(C2CCNCC2)n1. The summed E-state index contributed by atoms with van der Waals surface area (Å²) in [4.78, 5) is 30.0. The Morgan fingerprint density at radius 1 is 1.10 bits per heavy atom. The summed E-state index contributed by atoms with van der Waals surface area (Å²) in [7, 11) is 0. The third-order valence-electron chi connectivity index (χ3n) is 5.25. The Morgan fingerprint density at radius 3 is 2.80 bits per heavy atom. The highest BCUT2D eigenvalue weighted by Gasteiger charge is 2.22. The topological polar surface area (TPSA) is 106 Å². The molecule has 0 bridgehead atoms. The molecule has 1 aliphatic heterocycles. The Hall–Kier alpha value is -3.65. The number of piperidine rings is 1. The highest BCUT2D eigenvalue weighted by molar-refractivity contribution is 6.03. The molecule has 0 radical (unpaired) electrons. The van der Waals surface area contributed by atoms with E-state index in [2.05, 4.69) is 30.6 Å². The Kier molecular flexibility index (Phi) is 4.90. The maximum atomic E-state index is 12.6. The van der Waals surface area contributed by atoms with Crippen molar-refractivity contribution >= 4 is 22.5 Å². The van der Waals surface area contributed by atoms with Crippen LogP contribution in [0.5, 0.6) is 0 Å². The van der Waals surface area contributed by atoms with Crippen molar-refractivity contribution in [3.05, 3.63) is 66.9 Å². The first kappa shape index (κ1) is 18.4. The number of oxazole rings is 1. The van der Waals surface area contributed by atoms with E-state index in [-0.39, 0.29) is 17.5 Å². The van der Waals surface area contributed by atoms with Crippen molar-refractivity contribution in [1.29, 1.82) is 0 Å². The van der Waals surface area contributed by atoms with Crippen molar-refractivity contribution in [1.82, 2.24) is 25.3 Å². The molecule has 0 unspecified atom stereocenters. The van der Waals surface area contributed by atoms with E-state index in [1.807, 2.05) is 24.3 Å². The summed E-state index contributed by atoms with van der Waals surface area (Å²) >= 11 is 0. The van der Waals surface area contributed by atoms with Gasteiger partial charge < -0.3 is 15.1 Å². The molecular formula is C22H20N6O2. The zero-order chi connectivity index (χ0) is 20.3. The van der Waals surface area contributed by atoms with Crippen molar-refractivity contribution in [2.24, 2.45) is 0 Å². The first-order valence-corrected chi connectivity index (χ1v) is 9.90. The number of nitrogens with one attached hydrogen (secondary N) is 2. The fourth-order valence-electron chi connectivity index (χ4n) is 3.61. The van der Waals surface area contributed by atoms with Crippen molar-refractivity contribution in [2.75, 3.05) is 18.4 Å². The number of carbonyl (C=O) groups is 1. The Morgan fingerprint density at radius 2 is 1.97 bits per heavy atom. The maximum absolute atomic E-state index is 12.6. The summed E-state index contributed by atoms with van der Waals surface area (Å²) in [6.07, 6.45) is 10.3. The van der Waals surface area contributed by atoms with Crippen molar-refractivity contribution in [2.45, 2.75) is 18.8 Å². The minimum Gasteiger partial charge on any atom is -0.448 e. The largest absolute Gasteiger partial charge is 0.448 e. The second kappa shape index (κ2) is 8.00. The quantitative estimate of drug-likeness (QED) is 0.541. The van der Waals surface area contributed by atoms with Gasteiger partial charge in [-0.1, -0.05) is 0 Å². The number of nitrogens with zero attached hydrogens (tertiary/aromatic N) is 4. The minimum atomic E-state index is -0.340. The number of fused-ring (bicyclic) bond motifs is 1. The first-order chi connectivity index (χ1) is 14.8. The fraction of sp³-hybridized carbons (Fsp3) is 0.227. The molecule has 1 fully saturated rings. The van der Waals surface area contributed by atoms with Gasteiger partial charge in [-0.05, 0) is 55.6 Å². The van der Waals surface area contributed by atoms with E-state index in [4.69, 9.17) is 4.42 Å². The van der Waals surface area contributed by atoms with Crippen LogP contribution in [-0.4, -0.2) is 38.9 Å². The molecule has 0 atom stereocenters. The van der Waals surface area contributed by atoms with E-state index in [0.29, 0.717) is 11.7 Å². The van der Waals surface area contributed by atoms with E-state index >= 15 is 0 Å². The summed E-state index contributed by atoms with van der Waals surface area (Å²) in [5, 5.41) is 7.92. The average Bonchev–Trinajstić information content (AvgIpc) is 3.30. The molecule has 2 N–H and O–H groups in total. The molecule has 4 aromatic rings. The summed E-state index contributed by atoms with van der Waals surface area (Å²) in [6.45, 7) is 1.87. The summed E-state index contributed by atoms with van der Waals surface area (Å²) in [5.74, 6) is 0.986. The van der Waals surface area contributed by atoms with Crippen molar-refractivity contribution in [3.63, 3.8) is 0 Å². The molecule has 8 heteroatoms. The number of aromatic nitrogens is 4. The molecule has 0 saturated carbocycles. The number of rotatable bonds is 4. The van der Waals surface area contributed by atoms with Crippen molar-refractivity contribution in [3.8, 4) is 11.3 Å². The lowest BCUT2D eigenvalue weighted by molar-refractivity contribution is 0.102. The molecule has 4 aromatic heterocycles. The van der Waals surface area contributed by atoms with Gasteiger partial charge in [-0.15, -0.1) is 0 Å². The third-order valence-corrected chi connectivity index (χ3v) is 5.25. The molecular weight excluding hydrogens is 380 g/mol. The van der Waals surface area contributed by atoms with Crippen LogP contribution < -0.4 is 10.6 Å². The van der Waals surface area contributed by atoms with Gasteiger partial charge in [-0.3, -0.25) is 14.8 Å². The molecule has 0 spiro atoms. The van der Waals surface area contributed by atoms with Gasteiger partial charge in [0.1, 0.15) is 12.1 Å². The Bertz CT molecular complexity index is 1180. The van der Waals surface area contributed by atoms with Crippen LogP contribution in [0.2, 0.25) is 0 Å². The van der Waals surface area contributed by atoms with Crippen LogP contribution in [0.3, 0.4) is 0 Å². The number of hydrogen-bond acceptors (Lipinski definition) is 7. The highest BCUT2D eigenvalue weighted by atomic mass is 16.3. The summed E-state index contributed by atoms with van der Waals surface area (Å²) in [6, 6.07) is 7.60. The summed E-state index contributed by atoms with van der Waals surface area (Å²) in [5.41, 5.74) is 1.99. The van der Waals surface area contributed by atoms with E-state index in [1.165, 1.54) is 6.26 Å². The van der Waals surface area contributed by atoms with E-state index in [9.17, 15) is 4.79 Å². The van der Waals surface area contributed by atoms with Crippen molar-refractivity contribution < 1.29 is 9.21 Å². The molecule has 0 aromatic carbocycles. The second-order valence-electron chi connectivity index (χ2n) is 7.28. The number of amides is 1. The van der Waals surface area contributed by atoms with E-state index in [1.54, 1.807) is 24.8 Å². The number of hydrogen-bond donors (Lipinski definition) is 2.